The van der Waals surface area contributed by atoms with Crippen LogP contribution in [0.2, 0.25) is 0 Å². The molecule has 0 aliphatic rings. The molecular formula is C26H27N3O5S. The molecule has 0 aliphatic carbocycles. The summed E-state index contributed by atoms with van der Waals surface area (Å²) in [6, 6.07) is 26.1. The lowest BCUT2D eigenvalue weighted by Gasteiger charge is -2.29. The summed E-state index contributed by atoms with van der Waals surface area (Å²) in [6.07, 6.45) is 4.63. The van der Waals surface area contributed by atoms with E-state index in [-0.39, 0.29) is 12.1 Å². The molecule has 35 heavy (non-hydrogen) atoms. The summed E-state index contributed by atoms with van der Waals surface area (Å²) in [4.78, 5) is 26.3. The van der Waals surface area contributed by atoms with Gasteiger partial charge in [-0.25, -0.2) is 13.9 Å². The zero-order valence-corrected chi connectivity index (χ0v) is 19.9. The highest BCUT2D eigenvalue weighted by molar-refractivity contribution is 7.92. The van der Waals surface area contributed by atoms with Gasteiger partial charge in [-0.1, -0.05) is 91.0 Å². The van der Waals surface area contributed by atoms with Crippen LogP contribution in [0.5, 0.6) is 0 Å². The number of carbonyl (C=O) groups excluding carboxylic acids is 2. The largest absolute Gasteiger partial charge is 0.289 e. The molecule has 0 spiro atoms. The predicted octanol–water partition coefficient (Wildman–Crippen LogP) is 3.49. The number of allylic oxidation sites excluding steroid dienone is 1. The summed E-state index contributed by atoms with van der Waals surface area (Å²) in [7, 11) is -3.90. The van der Waals surface area contributed by atoms with Crippen molar-refractivity contribution in [3.05, 3.63) is 108 Å². The third kappa shape index (κ3) is 7.02. The average molecular weight is 494 g/mol. The van der Waals surface area contributed by atoms with Gasteiger partial charge in [-0.2, -0.15) is 4.41 Å². The van der Waals surface area contributed by atoms with Crippen LogP contribution in [0.3, 0.4) is 0 Å². The van der Waals surface area contributed by atoms with Gasteiger partial charge in [0.25, 0.3) is 0 Å². The van der Waals surface area contributed by atoms with Gasteiger partial charge in [0.15, 0.2) is 0 Å². The van der Waals surface area contributed by atoms with Crippen LogP contribution in [0.15, 0.2) is 97.1 Å². The predicted molar refractivity (Wildman–Crippen MR) is 135 cm³/mol. The standard InChI is InChI=1S/C26H27N3O5S/c1-35(33,34)29(22-17-9-4-10-18-22)27-26(31)24(21-15-7-3-8-16-21)23(25(30)28-32)19-11-14-20-12-5-2-6-13-20/h2-18,23-24,32H,19H2,1H3,(H,27,31)(H,28,30)/b14-11+. The lowest BCUT2D eigenvalue weighted by molar-refractivity contribution is -0.137. The summed E-state index contributed by atoms with van der Waals surface area (Å²) in [6.45, 7) is 0. The average Bonchev–Trinajstić information content (AvgIpc) is 2.87. The van der Waals surface area contributed by atoms with Gasteiger partial charge in [0.2, 0.25) is 21.8 Å². The second-order valence-electron chi connectivity index (χ2n) is 7.86. The van der Waals surface area contributed by atoms with Gasteiger partial charge in [0, 0.05) is 0 Å². The normalized spacial score (nSPS) is 13.1. The van der Waals surface area contributed by atoms with E-state index in [1.165, 1.54) is 0 Å². The van der Waals surface area contributed by atoms with Gasteiger partial charge in [-0.05, 0) is 29.7 Å². The SMILES string of the molecule is CS(=O)(=O)N(NC(=O)C(c1ccccc1)C(C/C=C/c1ccccc1)C(=O)NO)c1ccccc1. The monoisotopic (exact) mass is 493 g/mol. The number of rotatable bonds is 10. The first-order valence-corrected chi connectivity index (χ1v) is 12.7. The molecular weight excluding hydrogens is 466 g/mol. The molecule has 9 heteroatoms. The molecule has 0 fully saturated rings. The van der Waals surface area contributed by atoms with Crippen molar-refractivity contribution in [1.82, 2.24) is 10.9 Å². The van der Waals surface area contributed by atoms with Crippen molar-refractivity contribution >= 4 is 33.6 Å². The van der Waals surface area contributed by atoms with E-state index in [4.69, 9.17) is 0 Å². The van der Waals surface area contributed by atoms with Crippen LogP contribution >= 0.6 is 0 Å². The minimum atomic E-state index is -3.90. The number of hydroxylamine groups is 1. The highest BCUT2D eigenvalue weighted by atomic mass is 32.2. The molecule has 2 amide bonds. The fourth-order valence-corrected chi connectivity index (χ4v) is 4.45. The van der Waals surface area contributed by atoms with Crippen LogP contribution in [0.1, 0.15) is 23.5 Å². The second-order valence-corrected chi connectivity index (χ2v) is 9.69. The summed E-state index contributed by atoms with van der Waals surface area (Å²) in [5.41, 5.74) is 5.75. The Morgan fingerprint density at radius 3 is 1.97 bits per heavy atom. The van der Waals surface area contributed by atoms with Crippen LogP contribution in [-0.4, -0.2) is 31.7 Å². The van der Waals surface area contributed by atoms with E-state index in [0.717, 1.165) is 16.2 Å². The number of nitrogens with zero attached hydrogens (tertiary/aromatic N) is 1. The van der Waals surface area contributed by atoms with Crippen LogP contribution in [0.4, 0.5) is 5.69 Å². The fourth-order valence-electron chi connectivity index (χ4n) is 3.69. The first-order valence-electron chi connectivity index (χ1n) is 10.9. The number of benzene rings is 3. The van der Waals surface area contributed by atoms with Crippen molar-refractivity contribution in [2.45, 2.75) is 12.3 Å². The van der Waals surface area contributed by atoms with E-state index < -0.39 is 33.7 Å². The minimum Gasteiger partial charge on any atom is -0.289 e. The maximum absolute atomic E-state index is 13.6. The number of carbonyl (C=O) groups is 2. The van der Waals surface area contributed by atoms with Crippen LogP contribution in [0.25, 0.3) is 6.08 Å². The van der Waals surface area contributed by atoms with Gasteiger partial charge in [-0.15, -0.1) is 0 Å². The molecule has 0 saturated carbocycles. The molecule has 3 aromatic carbocycles. The molecule has 0 aliphatic heterocycles. The summed E-state index contributed by atoms with van der Waals surface area (Å²) in [5, 5.41) is 9.43. The molecule has 3 N–H and O–H groups in total. The van der Waals surface area contributed by atoms with E-state index >= 15 is 0 Å². The van der Waals surface area contributed by atoms with Gasteiger partial charge < -0.3 is 0 Å². The molecule has 0 aromatic heterocycles. The van der Waals surface area contributed by atoms with Crippen molar-refractivity contribution in [3.63, 3.8) is 0 Å². The zero-order chi connectivity index (χ0) is 25.3. The zero-order valence-electron chi connectivity index (χ0n) is 19.1. The van der Waals surface area contributed by atoms with Gasteiger partial charge in [0.05, 0.1) is 23.8 Å². The number of nitrogens with one attached hydrogen (secondary N) is 2. The number of para-hydroxylation sites is 1. The van der Waals surface area contributed by atoms with Crippen LogP contribution < -0.4 is 15.3 Å². The van der Waals surface area contributed by atoms with Crippen molar-refractivity contribution < 1.29 is 23.2 Å². The number of hydrazine groups is 1. The highest BCUT2D eigenvalue weighted by Crippen LogP contribution is 2.29. The van der Waals surface area contributed by atoms with Gasteiger partial charge in [0.1, 0.15) is 0 Å². The third-order valence-electron chi connectivity index (χ3n) is 5.32. The highest BCUT2D eigenvalue weighted by Gasteiger charge is 2.36. The van der Waals surface area contributed by atoms with Gasteiger partial charge in [-0.3, -0.25) is 20.2 Å². The molecule has 3 rings (SSSR count). The molecule has 0 heterocycles. The Balaban J connectivity index is 1.97. The molecule has 2 atom stereocenters. The second kappa shape index (κ2) is 12.0. The Labute approximate surface area is 204 Å². The van der Waals surface area contributed by atoms with Crippen molar-refractivity contribution in [2.75, 3.05) is 10.7 Å². The molecule has 182 valence electrons. The van der Waals surface area contributed by atoms with Crippen LogP contribution in [-0.2, 0) is 19.6 Å². The number of anilines is 1. The molecule has 8 nitrogen and oxygen atoms in total. The van der Waals surface area contributed by atoms with E-state index in [1.54, 1.807) is 72.2 Å². The Hall–Kier alpha value is -3.95. The summed E-state index contributed by atoms with van der Waals surface area (Å²) < 4.78 is 25.8. The Morgan fingerprint density at radius 2 is 1.43 bits per heavy atom. The Morgan fingerprint density at radius 1 is 0.886 bits per heavy atom. The van der Waals surface area contributed by atoms with E-state index in [0.29, 0.717) is 5.56 Å². The number of hydrogen-bond acceptors (Lipinski definition) is 5. The Bertz CT molecular complexity index is 1250. The third-order valence-corrected chi connectivity index (χ3v) is 6.29. The molecule has 3 aromatic rings. The van der Waals surface area contributed by atoms with E-state index in [2.05, 4.69) is 5.43 Å². The molecule has 2 unspecified atom stereocenters. The van der Waals surface area contributed by atoms with Crippen molar-refractivity contribution in [1.29, 1.82) is 0 Å². The molecule has 0 saturated heterocycles. The number of sulfonamides is 1. The maximum atomic E-state index is 13.6. The first-order chi connectivity index (χ1) is 16.8. The summed E-state index contributed by atoms with van der Waals surface area (Å²) >= 11 is 0. The van der Waals surface area contributed by atoms with Gasteiger partial charge >= 0.3 is 0 Å². The van der Waals surface area contributed by atoms with E-state index in [9.17, 15) is 23.2 Å². The maximum Gasteiger partial charge on any atom is 0.249 e. The summed E-state index contributed by atoms with van der Waals surface area (Å²) in [5.74, 6) is -3.61. The number of amides is 2. The topological polar surface area (TPSA) is 116 Å². The smallest absolute Gasteiger partial charge is 0.249 e. The number of hydrogen-bond donors (Lipinski definition) is 3. The van der Waals surface area contributed by atoms with Crippen molar-refractivity contribution in [3.8, 4) is 0 Å². The fraction of sp³-hybridized carbons (Fsp3) is 0.154. The lowest BCUT2D eigenvalue weighted by atomic mass is 9.82. The van der Waals surface area contributed by atoms with E-state index in [1.807, 2.05) is 36.4 Å². The lowest BCUT2D eigenvalue weighted by Crippen LogP contribution is -2.50. The first kappa shape index (κ1) is 25.7. The minimum absolute atomic E-state index is 0.110. The van der Waals surface area contributed by atoms with Crippen LogP contribution in [0, 0.1) is 5.92 Å². The molecule has 0 radical (unpaired) electrons. The molecule has 0 bridgehead atoms. The van der Waals surface area contributed by atoms with Crippen molar-refractivity contribution in [2.24, 2.45) is 5.92 Å². The quantitative estimate of drug-likeness (QED) is 0.295. The Kier molecular flexibility index (Phi) is 8.77.